The van der Waals surface area contributed by atoms with Gasteiger partial charge >= 0.3 is 0 Å². The van der Waals surface area contributed by atoms with Gasteiger partial charge in [-0.05, 0) is 99.2 Å². The Bertz CT molecular complexity index is 1370. The summed E-state index contributed by atoms with van der Waals surface area (Å²) in [6.07, 6.45) is 0. The zero-order chi connectivity index (χ0) is 25.4. The van der Waals surface area contributed by atoms with Gasteiger partial charge in [-0.3, -0.25) is 0 Å². The highest BCUT2D eigenvalue weighted by molar-refractivity contribution is 5.85. The van der Waals surface area contributed by atoms with Gasteiger partial charge in [0, 0.05) is 12.1 Å². The fourth-order valence-electron chi connectivity index (χ4n) is 4.24. The van der Waals surface area contributed by atoms with Crippen molar-refractivity contribution in [3.05, 3.63) is 94.0 Å². The van der Waals surface area contributed by atoms with Gasteiger partial charge in [-0.15, -0.1) is 0 Å². The van der Waals surface area contributed by atoms with E-state index in [2.05, 4.69) is 0 Å². The van der Waals surface area contributed by atoms with Crippen molar-refractivity contribution in [1.82, 2.24) is 0 Å². The van der Waals surface area contributed by atoms with Crippen LogP contribution in [0.1, 0.15) is 33.4 Å². The van der Waals surface area contributed by atoms with Gasteiger partial charge in [-0.1, -0.05) is 24.3 Å². The predicted octanol–water partition coefficient (Wildman–Crippen LogP) is 7.92. The molecule has 4 aromatic carbocycles. The number of rotatable bonds is 5. The summed E-state index contributed by atoms with van der Waals surface area (Å²) in [6, 6.07) is 18.2. The van der Waals surface area contributed by atoms with Crippen LogP contribution < -0.4 is 9.64 Å². The van der Waals surface area contributed by atoms with Gasteiger partial charge in [0.1, 0.15) is 11.5 Å². The third-order valence-electron chi connectivity index (χ3n) is 6.58. The molecule has 0 radical (unpaired) electrons. The van der Waals surface area contributed by atoms with E-state index in [1.165, 1.54) is 0 Å². The second-order valence-electron chi connectivity index (χ2n) is 9.10. The molecule has 0 unspecified atom stereocenters. The fourth-order valence-corrected chi connectivity index (χ4v) is 4.24. The van der Waals surface area contributed by atoms with Crippen molar-refractivity contribution in [2.45, 2.75) is 41.5 Å². The number of ether oxygens (including phenoxy) is 1. The molecule has 5 heteroatoms. The quantitative estimate of drug-likeness (QED) is 0.277. The standard InChI is InChI=1S/C30H31NO4/c1-17-11-12-18(2)30(29(17)34)35-28-10-8-7-9-25(28)31(26-15-23(32)13-19(3)21(26)5)27-16-24(33)14-20(4)22(27)6/h7-16,32-34H,1-6H3. The number of phenolic OH excluding ortho intramolecular Hbond substituents is 3. The number of phenols is 3. The maximum Gasteiger partial charge on any atom is 0.172 e. The topological polar surface area (TPSA) is 73.2 Å². The Labute approximate surface area is 206 Å². The lowest BCUT2D eigenvalue weighted by Gasteiger charge is -2.31. The molecule has 4 aromatic rings. The molecular formula is C30H31NO4. The molecule has 0 aliphatic rings. The van der Waals surface area contributed by atoms with Crippen LogP contribution in [0, 0.1) is 41.5 Å². The van der Waals surface area contributed by atoms with E-state index in [0.29, 0.717) is 17.2 Å². The lowest BCUT2D eigenvalue weighted by molar-refractivity contribution is 0.407. The molecule has 0 amide bonds. The van der Waals surface area contributed by atoms with Crippen LogP contribution in [0.4, 0.5) is 17.1 Å². The Kier molecular flexibility index (Phi) is 6.35. The molecule has 0 fully saturated rings. The van der Waals surface area contributed by atoms with Crippen molar-refractivity contribution in [3.63, 3.8) is 0 Å². The number of aryl methyl sites for hydroxylation is 4. The highest BCUT2D eigenvalue weighted by Crippen LogP contribution is 2.48. The van der Waals surface area contributed by atoms with Crippen LogP contribution in [0.5, 0.6) is 28.7 Å². The Morgan fingerprint density at radius 3 is 1.66 bits per heavy atom. The summed E-state index contributed by atoms with van der Waals surface area (Å²) in [5, 5.41) is 31.7. The first-order valence-corrected chi connectivity index (χ1v) is 11.5. The number of aromatic hydroxyl groups is 3. The molecule has 0 saturated carbocycles. The van der Waals surface area contributed by atoms with E-state index in [1.54, 1.807) is 24.3 Å². The summed E-state index contributed by atoms with van der Waals surface area (Å²) in [5.41, 5.74) is 7.58. The normalized spacial score (nSPS) is 10.9. The van der Waals surface area contributed by atoms with Crippen LogP contribution in [-0.4, -0.2) is 15.3 Å². The summed E-state index contributed by atoms with van der Waals surface area (Å²) in [5.74, 6) is 1.31. The Morgan fingerprint density at radius 1 is 0.571 bits per heavy atom. The molecule has 5 nitrogen and oxygen atoms in total. The zero-order valence-electron chi connectivity index (χ0n) is 21.0. The first kappa shape index (κ1) is 24.0. The minimum absolute atomic E-state index is 0.0973. The van der Waals surface area contributed by atoms with E-state index in [-0.39, 0.29) is 17.2 Å². The lowest BCUT2D eigenvalue weighted by Crippen LogP contribution is -2.14. The zero-order valence-corrected chi connectivity index (χ0v) is 21.0. The van der Waals surface area contributed by atoms with Crippen LogP contribution in [0.25, 0.3) is 0 Å². The second kappa shape index (κ2) is 9.26. The summed E-state index contributed by atoms with van der Waals surface area (Å²) in [4.78, 5) is 1.99. The summed E-state index contributed by atoms with van der Waals surface area (Å²) < 4.78 is 6.36. The van der Waals surface area contributed by atoms with Crippen molar-refractivity contribution >= 4 is 17.1 Å². The summed E-state index contributed by atoms with van der Waals surface area (Å²) in [7, 11) is 0. The molecule has 0 bridgehead atoms. The van der Waals surface area contributed by atoms with Crippen molar-refractivity contribution in [1.29, 1.82) is 0 Å². The van der Waals surface area contributed by atoms with Gasteiger partial charge in [-0.25, -0.2) is 0 Å². The van der Waals surface area contributed by atoms with Gasteiger partial charge in [0.2, 0.25) is 0 Å². The molecule has 0 saturated heterocycles. The number of benzene rings is 4. The fraction of sp³-hybridized carbons (Fsp3) is 0.200. The third-order valence-corrected chi connectivity index (χ3v) is 6.58. The molecule has 35 heavy (non-hydrogen) atoms. The largest absolute Gasteiger partial charge is 0.508 e. The van der Waals surface area contributed by atoms with Gasteiger partial charge in [0.05, 0.1) is 17.1 Å². The van der Waals surface area contributed by atoms with Crippen LogP contribution in [-0.2, 0) is 0 Å². The minimum atomic E-state index is 0.0973. The molecule has 4 rings (SSSR count). The van der Waals surface area contributed by atoms with Crippen LogP contribution >= 0.6 is 0 Å². The van der Waals surface area contributed by atoms with E-state index in [9.17, 15) is 15.3 Å². The second-order valence-corrected chi connectivity index (χ2v) is 9.10. The number of para-hydroxylation sites is 2. The van der Waals surface area contributed by atoms with Crippen molar-refractivity contribution in [2.75, 3.05) is 4.90 Å². The summed E-state index contributed by atoms with van der Waals surface area (Å²) >= 11 is 0. The number of hydrogen-bond donors (Lipinski definition) is 3. The van der Waals surface area contributed by atoms with Crippen molar-refractivity contribution < 1.29 is 20.1 Å². The third kappa shape index (κ3) is 4.50. The van der Waals surface area contributed by atoms with E-state index < -0.39 is 0 Å². The van der Waals surface area contributed by atoms with E-state index in [0.717, 1.165) is 44.8 Å². The van der Waals surface area contributed by atoms with E-state index >= 15 is 0 Å². The molecule has 3 N–H and O–H groups in total. The van der Waals surface area contributed by atoms with Gasteiger partial charge in [-0.2, -0.15) is 0 Å². The number of hydrogen-bond acceptors (Lipinski definition) is 5. The minimum Gasteiger partial charge on any atom is -0.508 e. The molecule has 0 heterocycles. The summed E-state index contributed by atoms with van der Waals surface area (Å²) in [6.45, 7) is 11.6. The average Bonchev–Trinajstić information content (AvgIpc) is 2.81. The lowest BCUT2D eigenvalue weighted by atomic mass is 10.0. The molecule has 0 aliphatic carbocycles. The van der Waals surface area contributed by atoms with Crippen molar-refractivity contribution in [3.8, 4) is 28.7 Å². The van der Waals surface area contributed by atoms with Crippen molar-refractivity contribution in [2.24, 2.45) is 0 Å². The van der Waals surface area contributed by atoms with Gasteiger partial charge in [0.25, 0.3) is 0 Å². The Balaban J connectivity index is 2.01. The first-order valence-electron chi connectivity index (χ1n) is 11.5. The van der Waals surface area contributed by atoms with Gasteiger partial charge in [0.15, 0.2) is 17.2 Å². The number of anilines is 3. The highest BCUT2D eigenvalue weighted by atomic mass is 16.5. The number of nitrogens with zero attached hydrogens (tertiary/aromatic N) is 1. The Hall–Kier alpha value is -4.12. The van der Waals surface area contributed by atoms with E-state index in [4.69, 9.17) is 4.74 Å². The maximum atomic E-state index is 10.7. The highest BCUT2D eigenvalue weighted by Gasteiger charge is 2.24. The predicted molar refractivity (Wildman–Crippen MR) is 141 cm³/mol. The SMILES string of the molecule is Cc1cc(O)cc(N(c2ccccc2Oc2c(C)ccc(C)c2O)c2cc(O)cc(C)c2C)c1C. The molecular weight excluding hydrogens is 438 g/mol. The van der Waals surface area contributed by atoms with Gasteiger partial charge < -0.3 is 25.0 Å². The van der Waals surface area contributed by atoms with Crippen LogP contribution in [0.2, 0.25) is 0 Å². The molecule has 0 atom stereocenters. The molecule has 0 aromatic heterocycles. The first-order chi connectivity index (χ1) is 16.6. The van der Waals surface area contributed by atoms with Crippen LogP contribution in [0.3, 0.4) is 0 Å². The average molecular weight is 470 g/mol. The van der Waals surface area contributed by atoms with Crippen LogP contribution in [0.15, 0.2) is 60.7 Å². The Morgan fingerprint density at radius 2 is 1.09 bits per heavy atom. The molecule has 0 spiro atoms. The monoisotopic (exact) mass is 469 g/mol. The maximum absolute atomic E-state index is 10.7. The molecule has 0 aliphatic heterocycles. The smallest absolute Gasteiger partial charge is 0.172 e. The molecule has 180 valence electrons. The van der Waals surface area contributed by atoms with E-state index in [1.807, 2.05) is 82.8 Å².